The molecule has 2 aliphatic heterocycles. The number of carbonyl (C=O) groups is 1. The Morgan fingerprint density at radius 1 is 1.18 bits per heavy atom. The molecule has 1 atom stereocenters. The number of likely N-dealkylation sites (tertiary alicyclic amines) is 1. The molecule has 2 fully saturated rings. The molecule has 4 rings (SSSR count). The minimum Gasteiger partial charge on any atom is -0.338 e. The molecule has 1 aromatic carbocycles. The van der Waals surface area contributed by atoms with E-state index in [1.807, 2.05) is 4.90 Å². The van der Waals surface area contributed by atoms with Gasteiger partial charge in [-0.2, -0.15) is 4.98 Å². The van der Waals surface area contributed by atoms with E-state index in [2.05, 4.69) is 78.3 Å². The SMILES string of the molecule is C[C@@H]1CN(c2ncc(Br)c(Cl)n2)CCN1C(=O)NCCC1CCN(Cc2ccccc2)CC1. The molecule has 0 aliphatic carbocycles. The molecule has 1 N–H and O–H groups in total. The molecule has 33 heavy (non-hydrogen) atoms. The van der Waals surface area contributed by atoms with E-state index in [1.54, 1.807) is 6.20 Å². The first-order valence-electron chi connectivity index (χ1n) is 11.7. The monoisotopic (exact) mass is 534 g/mol. The first-order valence-corrected chi connectivity index (χ1v) is 12.9. The summed E-state index contributed by atoms with van der Waals surface area (Å²) in [4.78, 5) is 28.0. The van der Waals surface area contributed by atoms with Crippen LogP contribution in [0.1, 0.15) is 31.7 Å². The van der Waals surface area contributed by atoms with Gasteiger partial charge in [-0.15, -0.1) is 0 Å². The number of halogens is 2. The van der Waals surface area contributed by atoms with Crippen molar-refractivity contribution in [2.24, 2.45) is 5.92 Å². The van der Waals surface area contributed by atoms with E-state index in [1.165, 1.54) is 18.4 Å². The second-order valence-corrected chi connectivity index (χ2v) is 10.2. The molecule has 3 heterocycles. The van der Waals surface area contributed by atoms with Crippen molar-refractivity contribution in [3.8, 4) is 0 Å². The maximum absolute atomic E-state index is 12.8. The summed E-state index contributed by atoms with van der Waals surface area (Å²) >= 11 is 9.44. The third-order valence-electron chi connectivity index (χ3n) is 6.64. The minimum absolute atomic E-state index is 0.0263. The van der Waals surface area contributed by atoms with E-state index in [0.29, 0.717) is 41.1 Å². The van der Waals surface area contributed by atoms with Crippen LogP contribution in [-0.4, -0.2) is 71.1 Å². The van der Waals surface area contributed by atoms with Gasteiger partial charge < -0.3 is 15.1 Å². The van der Waals surface area contributed by atoms with Crippen molar-refractivity contribution in [2.45, 2.75) is 38.8 Å². The molecular weight excluding hydrogens is 504 g/mol. The van der Waals surface area contributed by atoms with Crippen LogP contribution in [0.2, 0.25) is 5.15 Å². The summed E-state index contributed by atoms with van der Waals surface area (Å²) in [6, 6.07) is 10.8. The van der Waals surface area contributed by atoms with Crippen LogP contribution in [0.4, 0.5) is 10.7 Å². The Balaban J connectivity index is 1.16. The van der Waals surface area contributed by atoms with Crippen LogP contribution in [0.5, 0.6) is 0 Å². The highest BCUT2D eigenvalue weighted by molar-refractivity contribution is 9.10. The predicted octanol–water partition coefficient (Wildman–Crippen LogP) is 4.41. The van der Waals surface area contributed by atoms with Crippen LogP contribution in [0.25, 0.3) is 0 Å². The van der Waals surface area contributed by atoms with Crippen LogP contribution in [0, 0.1) is 5.92 Å². The summed E-state index contributed by atoms with van der Waals surface area (Å²) in [6.45, 7) is 8.12. The van der Waals surface area contributed by atoms with Crippen molar-refractivity contribution in [1.29, 1.82) is 0 Å². The highest BCUT2D eigenvalue weighted by Gasteiger charge is 2.29. The van der Waals surface area contributed by atoms with Crippen molar-refractivity contribution in [1.82, 2.24) is 25.1 Å². The van der Waals surface area contributed by atoms with Crippen LogP contribution >= 0.6 is 27.5 Å². The number of piperazine rings is 1. The van der Waals surface area contributed by atoms with Gasteiger partial charge in [0.05, 0.1) is 4.47 Å². The van der Waals surface area contributed by atoms with E-state index in [9.17, 15) is 4.79 Å². The van der Waals surface area contributed by atoms with Gasteiger partial charge in [0, 0.05) is 45.0 Å². The van der Waals surface area contributed by atoms with Crippen molar-refractivity contribution >= 4 is 39.5 Å². The first-order chi connectivity index (χ1) is 16.0. The topological polar surface area (TPSA) is 64.6 Å². The quantitative estimate of drug-likeness (QED) is 0.555. The molecule has 7 nitrogen and oxygen atoms in total. The summed E-state index contributed by atoms with van der Waals surface area (Å²) < 4.78 is 0.681. The number of hydrogen-bond acceptors (Lipinski definition) is 5. The molecule has 0 bridgehead atoms. The maximum Gasteiger partial charge on any atom is 0.317 e. The number of piperidine rings is 1. The summed E-state index contributed by atoms with van der Waals surface area (Å²) in [5.41, 5.74) is 1.38. The summed E-state index contributed by atoms with van der Waals surface area (Å²) in [7, 11) is 0. The second kappa shape index (κ2) is 11.5. The van der Waals surface area contributed by atoms with Gasteiger partial charge in [0.1, 0.15) is 5.15 Å². The van der Waals surface area contributed by atoms with Gasteiger partial charge in [-0.3, -0.25) is 4.90 Å². The zero-order chi connectivity index (χ0) is 23.2. The second-order valence-electron chi connectivity index (χ2n) is 9.02. The Bertz CT molecular complexity index is 924. The van der Waals surface area contributed by atoms with Crippen molar-refractivity contribution in [3.63, 3.8) is 0 Å². The van der Waals surface area contributed by atoms with Gasteiger partial charge in [0.2, 0.25) is 5.95 Å². The average Bonchev–Trinajstić information content (AvgIpc) is 2.82. The highest BCUT2D eigenvalue weighted by Crippen LogP contribution is 2.24. The lowest BCUT2D eigenvalue weighted by molar-refractivity contribution is 0.162. The average molecular weight is 536 g/mol. The van der Waals surface area contributed by atoms with Crippen molar-refractivity contribution in [2.75, 3.05) is 44.2 Å². The fourth-order valence-electron chi connectivity index (χ4n) is 4.69. The molecule has 0 saturated carbocycles. The van der Waals surface area contributed by atoms with E-state index in [-0.39, 0.29) is 12.1 Å². The largest absolute Gasteiger partial charge is 0.338 e. The third kappa shape index (κ3) is 6.58. The van der Waals surface area contributed by atoms with E-state index in [0.717, 1.165) is 32.6 Å². The number of hydrogen-bond donors (Lipinski definition) is 1. The number of urea groups is 1. The van der Waals surface area contributed by atoms with Gasteiger partial charge in [-0.25, -0.2) is 9.78 Å². The van der Waals surface area contributed by atoms with Crippen LogP contribution in [0.15, 0.2) is 41.0 Å². The third-order valence-corrected chi connectivity index (χ3v) is 7.74. The standard InChI is InChI=1S/C24H32BrClN6O/c1-18-16-31(23-28-15-21(25)22(26)29-23)13-14-32(18)24(33)27-10-7-19-8-11-30(12-9-19)17-20-5-3-2-4-6-20/h2-6,15,18-19H,7-14,16-17H2,1H3,(H,27,33)/t18-/m1/s1. The fraction of sp³-hybridized carbons (Fsp3) is 0.542. The molecule has 2 saturated heterocycles. The number of anilines is 1. The van der Waals surface area contributed by atoms with E-state index < -0.39 is 0 Å². The van der Waals surface area contributed by atoms with Gasteiger partial charge in [0.15, 0.2) is 0 Å². The minimum atomic E-state index is 0.0263. The van der Waals surface area contributed by atoms with Crippen LogP contribution in [0.3, 0.4) is 0 Å². The normalized spacial score (nSPS) is 20.2. The molecule has 9 heteroatoms. The smallest absolute Gasteiger partial charge is 0.317 e. The lowest BCUT2D eigenvalue weighted by Crippen LogP contribution is -2.57. The highest BCUT2D eigenvalue weighted by atomic mass is 79.9. The molecule has 1 aromatic heterocycles. The molecule has 0 unspecified atom stereocenters. The molecule has 2 amide bonds. The number of nitrogens with one attached hydrogen (secondary N) is 1. The van der Waals surface area contributed by atoms with Gasteiger partial charge in [-0.1, -0.05) is 41.9 Å². The Kier molecular flexibility index (Phi) is 8.44. The fourth-order valence-corrected chi connectivity index (χ4v) is 5.01. The van der Waals surface area contributed by atoms with E-state index >= 15 is 0 Å². The van der Waals surface area contributed by atoms with Crippen molar-refractivity contribution in [3.05, 3.63) is 51.7 Å². The summed E-state index contributed by atoms with van der Waals surface area (Å²) in [5, 5.41) is 3.55. The molecule has 2 aromatic rings. The Labute approximate surface area is 209 Å². The number of aromatic nitrogens is 2. The molecular formula is C24H32BrClN6O. The Hall–Kier alpha value is -1.90. The Morgan fingerprint density at radius 2 is 1.94 bits per heavy atom. The van der Waals surface area contributed by atoms with Gasteiger partial charge in [-0.05, 0) is 66.7 Å². The number of amides is 2. The lowest BCUT2D eigenvalue weighted by atomic mass is 9.93. The number of benzene rings is 1. The zero-order valence-corrected chi connectivity index (χ0v) is 21.4. The summed E-state index contributed by atoms with van der Waals surface area (Å²) in [6.07, 6.45) is 5.12. The number of carbonyl (C=O) groups excluding carboxylic acids is 1. The molecule has 0 spiro atoms. The Morgan fingerprint density at radius 3 is 2.64 bits per heavy atom. The van der Waals surface area contributed by atoms with Crippen LogP contribution in [-0.2, 0) is 6.54 Å². The van der Waals surface area contributed by atoms with Crippen molar-refractivity contribution < 1.29 is 4.79 Å². The molecule has 178 valence electrons. The zero-order valence-electron chi connectivity index (χ0n) is 19.1. The predicted molar refractivity (Wildman–Crippen MR) is 136 cm³/mol. The number of rotatable bonds is 6. The summed E-state index contributed by atoms with van der Waals surface area (Å²) in [5.74, 6) is 1.29. The molecule has 2 aliphatic rings. The maximum atomic E-state index is 12.8. The molecule has 0 radical (unpaired) electrons. The van der Waals surface area contributed by atoms with Crippen LogP contribution < -0.4 is 10.2 Å². The van der Waals surface area contributed by atoms with Gasteiger partial charge >= 0.3 is 6.03 Å². The lowest BCUT2D eigenvalue weighted by Gasteiger charge is -2.39. The first kappa shape index (κ1) is 24.2. The van der Waals surface area contributed by atoms with E-state index in [4.69, 9.17) is 11.6 Å². The van der Waals surface area contributed by atoms with Gasteiger partial charge in [0.25, 0.3) is 0 Å². The number of nitrogens with zero attached hydrogens (tertiary/aromatic N) is 5.